The molecule has 0 aliphatic rings. The molecule has 64 valence electrons. The molecule has 0 fully saturated rings. The summed E-state index contributed by atoms with van der Waals surface area (Å²) in [5.41, 5.74) is 0.251. The Morgan fingerprint density at radius 2 is 2.18 bits per heavy atom. The molecular formula is C7H12O4. The largest absolute Gasteiger partial charge is 0.407 e. The summed E-state index contributed by atoms with van der Waals surface area (Å²) >= 11 is 0. The van der Waals surface area contributed by atoms with Crippen molar-refractivity contribution in [2.45, 2.75) is 26.2 Å². The predicted octanol–water partition coefficient (Wildman–Crippen LogP) is 0.154. The minimum atomic E-state index is -2.05. The van der Waals surface area contributed by atoms with Crippen LogP contribution in [0.25, 0.3) is 0 Å². The molecule has 0 rings (SSSR count). The molecule has 0 aromatic rings. The Morgan fingerprint density at radius 3 is 2.55 bits per heavy atom. The van der Waals surface area contributed by atoms with Gasteiger partial charge in [-0.05, 0) is 6.42 Å². The minimum Gasteiger partial charge on any atom is -0.407 e. The van der Waals surface area contributed by atoms with Gasteiger partial charge in [-0.25, -0.2) is 4.79 Å². The predicted molar refractivity (Wildman–Crippen MR) is 38.4 cm³/mol. The maximum atomic E-state index is 10.7. The summed E-state index contributed by atoms with van der Waals surface area (Å²) in [6.07, 6.45) is 1.28. The molecule has 11 heavy (non-hydrogen) atoms. The van der Waals surface area contributed by atoms with E-state index in [0.717, 1.165) is 6.42 Å². The Balaban J connectivity index is 3.74. The average molecular weight is 160 g/mol. The summed E-state index contributed by atoms with van der Waals surface area (Å²) in [5, 5.41) is 16.4. The second-order valence-electron chi connectivity index (χ2n) is 2.09. The molecule has 0 aromatic heterocycles. The first kappa shape index (κ1) is 10.1. The Hall–Kier alpha value is -0.870. The van der Waals surface area contributed by atoms with Gasteiger partial charge in [0.25, 0.3) is 0 Å². The van der Waals surface area contributed by atoms with Gasteiger partial charge in [0.15, 0.2) is 0 Å². The second kappa shape index (κ2) is 4.87. The van der Waals surface area contributed by atoms with Crippen LogP contribution in [0.1, 0.15) is 19.8 Å². The quantitative estimate of drug-likeness (QED) is 0.349. The van der Waals surface area contributed by atoms with Crippen LogP contribution in [0.15, 0.2) is 12.2 Å². The summed E-state index contributed by atoms with van der Waals surface area (Å²) in [5.74, 6) is -0.762. The van der Waals surface area contributed by atoms with Crippen molar-refractivity contribution in [2.75, 3.05) is 0 Å². The van der Waals surface area contributed by atoms with E-state index in [9.17, 15) is 4.79 Å². The van der Waals surface area contributed by atoms with Crippen molar-refractivity contribution in [3.8, 4) is 0 Å². The molecular weight excluding hydrogens is 148 g/mol. The van der Waals surface area contributed by atoms with Gasteiger partial charge in [-0.15, -0.1) is 0 Å². The van der Waals surface area contributed by atoms with Crippen LogP contribution in [-0.4, -0.2) is 22.7 Å². The molecule has 0 bridgehead atoms. The normalized spacial score (nSPS) is 9.82. The summed E-state index contributed by atoms with van der Waals surface area (Å²) in [4.78, 5) is 10.7. The van der Waals surface area contributed by atoms with E-state index in [-0.39, 0.29) is 5.57 Å². The highest BCUT2D eigenvalue weighted by Gasteiger charge is 2.10. The highest BCUT2D eigenvalue weighted by molar-refractivity contribution is 5.87. The van der Waals surface area contributed by atoms with Crippen LogP contribution in [0, 0.1) is 0 Å². The smallest absolute Gasteiger partial charge is 0.337 e. The number of hydrogen-bond acceptors (Lipinski definition) is 4. The molecule has 4 heteroatoms. The lowest BCUT2D eigenvalue weighted by Crippen LogP contribution is -2.17. The first-order chi connectivity index (χ1) is 5.07. The van der Waals surface area contributed by atoms with E-state index in [1.165, 1.54) is 0 Å². The fourth-order valence-corrected chi connectivity index (χ4v) is 0.583. The van der Waals surface area contributed by atoms with E-state index in [1.807, 2.05) is 6.92 Å². The molecule has 0 saturated heterocycles. The zero-order chi connectivity index (χ0) is 8.85. The Morgan fingerprint density at radius 1 is 1.64 bits per heavy atom. The molecule has 0 amide bonds. The van der Waals surface area contributed by atoms with E-state index in [4.69, 9.17) is 10.2 Å². The van der Waals surface area contributed by atoms with Crippen molar-refractivity contribution in [1.82, 2.24) is 0 Å². The van der Waals surface area contributed by atoms with Crippen LogP contribution in [0.2, 0.25) is 0 Å². The molecule has 0 unspecified atom stereocenters. The lowest BCUT2D eigenvalue weighted by molar-refractivity contribution is -0.226. The van der Waals surface area contributed by atoms with Gasteiger partial charge in [-0.2, -0.15) is 0 Å². The number of esters is 1. The summed E-state index contributed by atoms with van der Waals surface area (Å²) in [6.45, 7) is 3.24. The number of aliphatic hydroxyl groups excluding tert-OH is 1. The minimum absolute atomic E-state index is 0.251. The van der Waals surface area contributed by atoms with Gasteiger partial charge >= 0.3 is 12.4 Å². The Kier molecular flexibility index (Phi) is 4.49. The van der Waals surface area contributed by atoms with Gasteiger partial charge in [0.1, 0.15) is 0 Å². The van der Waals surface area contributed by atoms with E-state index in [2.05, 4.69) is 11.3 Å². The first-order valence-electron chi connectivity index (χ1n) is 3.32. The van der Waals surface area contributed by atoms with Gasteiger partial charge in [0.2, 0.25) is 0 Å². The standard InChI is InChI=1S/C7H12O4/c1-3-4-5(2)6(8)11-7(9)10/h7,9-10H,2-4H2,1H3. The van der Waals surface area contributed by atoms with Crippen LogP contribution >= 0.6 is 0 Å². The fourth-order valence-electron chi connectivity index (χ4n) is 0.583. The third kappa shape index (κ3) is 4.52. The lowest BCUT2D eigenvalue weighted by Gasteiger charge is -2.06. The molecule has 0 atom stereocenters. The fraction of sp³-hybridized carbons (Fsp3) is 0.571. The Labute approximate surface area is 65.1 Å². The van der Waals surface area contributed by atoms with E-state index in [0.29, 0.717) is 6.42 Å². The number of carbonyl (C=O) groups is 1. The van der Waals surface area contributed by atoms with Crippen molar-refractivity contribution >= 4 is 5.97 Å². The van der Waals surface area contributed by atoms with Crippen LogP contribution in [-0.2, 0) is 9.53 Å². The molecule has 0 saturated carbocycles. The van der Waals surface area contributed by atoms with Gasteiger partial charge in [-0.3, -0.25) is 0 Å². The summed E-state index contributed by atoms with van der Waals surface area (Å²) in [7, 11) is 0. The first-order valence-corrected chi connectivity index (χ1v) is 3.32. The topological polar surface area (TPSA) is 66.8 Å². The van der Waals surface area contributed by atoms with Crippen LogP contribution in [0.4, 0.5) is 0 Å². The molecule has 2 N–H and O–H groups in total. The Bertz CT molecular complexity index is 151. The molecule has 0 radical (unpaired) electrons. The maximum Gasteiger partial charge on any atom is 0.337 e. The van der Waals surface area contributed by atoms with Crippen molar-refractivity contribution in [2.24, 2.45) is 0 Å². The molecule has 0 aromatic carbocycles. The van der Waals surface area contributed by atoms with E-state index in [1.54, 1.807) is 0 Å². The van der Waals surface area contributed by atoms with Crippen LogP contribution in [0.5, 0.6) is 0 Å². The molecule has 0 spiro atoms. The number of ether oxygens (including phenoxy) is 1. The second-order valence-corrected chi connectivity index (χ2v) is 2.09. The van der Waals surface area contributed by atoms with Crippen LogP contribution < -0.4 is 0 Å². The van der Waals surface area contributed by atoms with Crippen LogP contribution in [0.3, 0.4) is 0 Å². The molecule has 0 heterocycles. The number of aliphatic hydroxyl groups is 2. The highest BCUT2D eigenvalue weighted by Crippen LogP contribution is 2.04. The molecule has 0 aliphatic carbocycles. The van der Waals surface area contributed by atoms with Gasteiger partial charge < -0.3 is 14.9 Å². The van der Waals surface area contributed by atoms with Gasteiger partial charge in [-0.1, -0.05) is 19.9 Å². The SMILES string of the molecule is C=C(CCC)C(=O)OC(O)O. The monoisotopic (exact) mass is 160 g/mol. The third-order valence-corrected chi connectivity index (χ3v) is 1.05. The van der Waals surface area contributed by atoms with Crippen molar-refractivity contribution < 1.29 is 19.7 Å². The zero-order valence-corrected chi connectivity index (χ0v) is 6.41. The van der Waals surface area contributed by atoms with Crippen molar-refractivity contribution in [3.05, 3.63) is 12.2 Å². The average Bonchev–Trinajstić information content (AvgIpc) is 1.86. The molecule has 0 aliphatic heterocycles. The lowest BCUT2D eigenvalue weighted by atomic mass is 10.2. The van der Waals surface area contributed by atoms with E-state index >= 15 is 0 Å². The van der Waals surface area contributed by atoms with Gasteiger partial charge in [0, 0.05) is 5.57 Å². The summed E-state index contributed by atoms with van der Waals surface area (Å²) in [6, 6.07) is 0. The van der Waals surface area contributed by atoms with Crippen molar-refractivity contribution in [1.29, 1.82) is 0 Å². The van der Waals surface area contributed by atoms with Crippen molar-refractivity contribution in [3.63, 3.8) is 0 Å². The molecule has 4 nitrogen and oxygen atoms in total. The zero-order valence-electron chi connectivity index (χ0n) is 6.41. The number of rotatable bonds is 4. The van der Waals surface area contributed by atoms with E-state index < -0.39 is 12.4 Å². The number of carbonyl (C=O) groups excluding carboxylic acids is 1. The summed E-state index contributed by atoms with van der Waals surface area (Å²) < 4.78 is 4.04. The maximum absolute atomic E-state index is 10.7. The highest BCUT2D eigenvalue weighted by atomic mass is 16.7. The van der Waals surface area contributed by atoms with Gasteiger partial charge in [0.05, 0.1) is 0 Å². The third-order valence-electron chi connectivity index (χ3n) is 1.05. The number of hydrogen-bond donors (Lipinski definition) is 2.